The van der Waals surface area contributed by atoms with Crippen LogP contribution in [0.15, 0.2) is 70.2 Å². The molecule has 1 aromatic heterocycles. The molecule has 0 bridgehead atoms. The maximum Gasteiger partial charge on any atom is 0.274 e. The maximum atomic E-state index is 12.4. The van der Waals surface area contributed by atoms with Gasteiger partial charge < -0.3 is 4.74 Å². The van der Waals surface area contributed by atoms with Gasteiger partial charge in [0.15, 0.2) is 5.11 Å². The normalized spacial score (nSPS) is 15.0. The number of carbonyl (C=O) groups excluding carboxylic acids is 2. The topological polar surface area (TPSA) is 71.5 Å². The van der Waals surface area contributed by atoms with Gasteiger partial charge in [0.2, 0.25) is 5.91 Å². The van der Waals surface area contributed by atoms with E-state index in [0.717, 1.165) is 15.8 Å². The van der Waals surface area contributed by atoms with Gasteiger partial charge in [-0.25, -0.2) is 4.98 Å². The predicted molar refractivity (Wildman–Crippen MR) is 120 cm³/mol. The van der Waals surface area contributed by atoms with Gasteiger partial charge in [-0.1, -0.05) is 30.0 Å². The third-order valence-corrected chi connectivity index (χ3v) is 5.79. The molecule has 0 spiro atoms. The van der Waals surface area contributed by atoms with Crippen LogP contribution in [0.2, 0.25) is 0 Å². The summed E-state index contributed by atoms with van der Waals surface area (Å²) < 4.78 is 5.32. The summed E-state index contributed by atoms with van der Waals surface area (Å²) in [7, 11) is 1.60. The number of hydrogen-bond acceptors (Lipinski definition) is 6. The Morgan fingerprint density at radius 2 is 1.97 bits per heavy atom. The molecule has 1 N–H and O–H groups in total. The molecule has 1 aliphatic rings. The molecular formula is C22H17N3O3S2. The fourth-order valence-corrected chi connectivity index (χ4v) is 4.30. The Labute approximate surface area is 182 Å². The van der Waals surface area contributed by atoms with Crippen LogP contribution in [0.3, 0.4) is 0 Å². The summed E-state index contributed by atoms with van der Waals surface area (Å²) in [6.07, 6.45) is 1.65. The number of pyridine rings is 1. The van der Waals surface area contributed by atoms with E-state index in [2.05, 4.69) is 5.32 Å². The van der Waals surface area contributed by atoms with Gasteiger partial charge in [-0.15, -0.1) is 0 Å². The van der Waals surface area contributed by atoms with Gasteiger partial charge >= 0.3 is 0 Å². The highest BCUT2D eigenvalue weighted by molar-refractivity contribution is 7.99. The highest BCUT2D eigenvalue weighted by Crippen LogP contribution is 2.34. The number of benzene rings is 2. The van der Waals surface area contributed by atoms with Gasteiger partial charge in [0.05, 0.1) is 12.6 Å². The zero-order valence-electron chi connectivity index (χ0n) is 16.2. The average molecular weight is 436 g/mol. The smallest absolute Gasteiger partial charge is 0.274 e. The largest absolute Gasteiger partial charge is 0.497 e. The summed E-state index contributed by atoms with van der Waals surface area (Å²) in [6.45, 7) is 1.36. The number of methoxy groups -OCH3 is 1. The van der Waals surface area contributed by atoms with E-state index >= 15 is 0 Å². The number of ether oxygens (including phenoxy) is 1. The zero-order valence-corrected chi connectivity index (χ0v) is 17.8. The molecule has 4 rings (SSSR count). The Hall–Kier alpha value is -3.23. The molecule has 6 nitrogen and oxygen atoms in total. The zero-order chi connectivity index (χ0) is 21.3. The number of carbonyl (C=O) groups is 2. The van der Waals surface area contributed by atoms with E-state index < -0.39 is 5.91 Å². The Morgan fingerprint density at radius 1 is 1.20 bits per heavy atom. The fourth-order valence-electron chi connectivity index (χ4n) is 3.08. The molecular weight excluding hydrogens is 418 g/mol. The van der Waals surface area contributed by atoms with Crippen LogP contribution in [-0.4, -0.2) is 33.9 Å². The molecule has 8 heteroatoms. The lowest BCUT2D eigenvalue weighted by atomic mass is 10.1. The van der Waals surface area contributed by atoms with Crippen molar-refractivity contribution in [3.63, 3.8) is 0 Å². The minimum absolute atomic E-state index is 0.0754. The van der Waals surface area contributed by atoms with E-state index in [9.17, 15) is 9.59 Å². The predicted octanol–water partition coefficient (Wildman–Crippen LogP) is 4.00. The first-order valence-electron chi connectivity index (χ1n) is 9.05. The third kappa shape index (κ3) is 3.92. The summed E-state index contributed by atoms with van der Waals surface area (Å²) in [5, 5.41) is 4.16. The average Bonchev–Trinajstić information content (AvgIpc) is 3.01. The van der Waals surface area contributed by atoms with Crippen LogP contribution in [0, 0.1) is 0 Å². The van der Waals surface area contributed by atoms with E-state index in [0.29, 0.717) is 16.3 Å². The van der Waals surface area contributed by atoms with Crippen LogP contribution >= 0.6 is 24.0 Å². The number of nitrogens with one attached hydrogen (secondary N) is 1. The number of rotatable bonds is 4. The van der Waals surface area contributed by atoms with Crippen molar-refractivity contribution >= 4 is 57.9 Å². The first-order valence-corrected chi connectivity index (χ1v) is 10.3. The summed E-state index contributed by atoms with van der Waals surface area (Å²) in [5.41, 5.74) is 1.67. The Morgan fingerprint density at radius 3 is 2.67 bits per heavy atom. The number of hydrogen-bond donors (Lipinski definition) is 1. The second-order valence-electron chi connectivity index (χ2n) is 6.50. The summed E-state index contributed by atoms with van der Waals surface area (Å²) in [5.74, 6) is -0.0506. The Bertz CT molecular complexity index is 1210. The van der Waals surface area contributed by atoms with E-state index in [4.69, 9.17) is 21.9 Å². The molecule has 1 fully saturated rings. The summed E-state index contributed by atoms with van der Waals surface area (Å²) in [6, 6.07) is 17.4. The second-order valence-corrected chi connectivity index (χ2v) is 7.95. The van der Waals surface area contributed by atoms with Crippen LogP contribution < -0.4 is 10.1 Å². The quantitative estimate of drug-likeness (QED) is 0.493. The van der Waals surface area contributed by atoms with Gasteiger partial charge in [0.25, 0.3) is 5.91 Å². The van der Waals surface area contributed by atoms with Crippen LogP contribution in [0.5, 0.6) is 5.75 Å². The van der Waals surface area contributed by atoms with Crippen molar-refractivity contribution in [2.75, 3.05) is 7.11 Å². The molecule has 3 aromatic rings. The molecule has 0 atom stereocenters. The lowest BCUT2D eigenvalue weighted by molar-refractivity contribution is -0.125. The van der Waals surface area contributed by atoms with Gasteiger partial charge in [0.1, 0.15) is 16.5 Å². The molecule has 0 radical (unpaired) electrons. The minimum atomic E-state index is -0.420. The SMILES string of the molecule is COc1ccc2nc(Sc3ccccc3)c(/C=C3\C(=O)NC(=S)N3C(C)=O)cc2c1. The number of thiocarbonyl (C=S) groups is 1. The van der Waals surface area contributed by atoms with Crippen molar-refractivity contribution in [1.82, 2.24) is 15.2 Å². The molecule has 0 aliphatic carbocycles. The number of fused-ring (bicyclic) bond motifs is 1. The van der Waals surface area contributed by atoms with E-state index in [1.54, 1.807) is 13.2 Å². The Balaban J connectivity index is 1.89. The summed E-state index contributed by atoms with van der Waals surface area (Å²) in [4.78, 5) is 31.5. The summed E-state index contributed by atoms with van der Waals surface area (Å²) >= 11 is 6.61. The molecule has 0 unspecified atom stereocenters. The van der Waals surface area contributed by atoms with Gasteiger partial charge in [-0.3, -0.25) is 19.8 Å². The van der Waals surface area contributed by atoms with Crippen molar-refractivity contribution in [2.24, 2.45) is 0 Å². The lowest BCUT2D eigenvalue weighted by Gasteiger charge is -2.14. The molecule has 2 heterocycles. The van der Waals surface area contributed by atoms with Crippen LogP contribution in [0.4, 0.5) is 0 Å². The fraction of sp³-hybridized carbons (Fsp3) is 0.0909. The first-order chi connectivity index (χ1) is 14.5. The van der Waals surface area contributed by atoms with E-state index in [1.807, 2.05) is 54.6 Å². The first kappa shape index (κ1) is 20.1. The molecule has 1 saturated heterocycles. The third-order valence-electron chi connectivity index (χ3n) is 4.48. The standard InChI is InChI=1S/C22H17N3O3S2/c1-13(26)25-19(20(27)24-22(25)29)12-15-10-14-11-16(28-2)8-9-18(14)23-21(15)30-17-6-4-3-5-7-17/h3-12H,1-2H3,(H,24,27,29)/b19-12+. The van der Waals surface area contributed by atoms with Gasteiger partial charge in [-0.2, -0.15) is 0 Å². The van der Waals surface area contributed by atoms with Crippen molar-refractivity contribution in [3.05, 3.63) is 65.9 Å². The second kappa shape index (κ2) is 8.25. The molecule has 1 aliphatic heterocycles. The van der Waals surface area contributed by atoms with Gasteiger partial charge in [-0.05, 0) is 54.7 Å². The van der Waals surface area contributed by atoms with E-state index in [-0.39, 0.29) is 16.7 Å². The molecule has 0 saturated carbocycles. The van der Waals surface area contributed by atoms with Crippen LogP contribution in [-0.2, 0) is 9.59 Å². The molecule has 2 amide bonds. The van der Waals surface area contributed by atoms with Crippen molar-refractivity contribution in [2.45, 2.75) is 16.8 Å². The minimum Gasteiger partial charge on any atom is -0.497 e. The maximum absolute atomic E-state index is 12.4. The van der Waals surface area contributed by atoms with Crippen LogP contribution in [0.25, 0.3) is 17.0 Å². The van der Waals surface area contributed by atoms with Crippen LogP contribution in [0.1, 0.15) is 12.5 Å². The lowest BCUT2D eigenvalue weighted by Crippen LogP contribution is -2.31. The monoisotopic (exact) mass is 435 g/mol. The van der Waals surface area contributed by atoms with Crippen molar-refractivity contribution < 1.29 is 14.3 Å². The number of amides is 2. The number of aromatic nitrogens is 1. The molecule has 30 heavy (non-hydrogen) atoms. The highest BCUT2D eigenvalue weighted by Gasteiger charge is 2.33. The van der Waals surface area contributed by atoms with Crippen molar-refractivity contribution in [1.29, 1.82) is 0 Å². The highest BCUT2D eigenvalue weighted by atomic mass is 32.2. The van der Waals surface area contributed by atoms with E-state index in [1.165, 1.54) is 23.6 Å². The number of nitrogens with zero attached hydrogens (tertiary/aromatic N) is 2. The molecule has 2 aromatic carbocycles. The molecule has 150 valence electrons. The van der Waals surface area contributed by atoms with Gasteiger partial charge in [0, 0.05) is 22.8 Å². The Kier molecular flexibility index (Phi) is 5.52. The van der Waals surface area contributed by atoms with Crippen molar-refractivity contribution in [3.8, 4) is 5.75 Å².